The van der Waals surface area contributed by atoms with Gasteiger partial charge in [-0.25, -0.2) is 9.97 Å². The second-order valence-electron chi connectivity index (χ2n) is 9.42. The number of amides is 1. The summed E-state index contributed by atoms with van der Waals surface area (Å²) in [6.45, 7) is 3.16. The first-order chi connectivity index (χ1) is 16.2. The Morgan fingerprint density at radius 3 is 2.67 bits per heavy atom. The molecule has 8 heteroatoms. The number of hydrogen-bond donors (Lipinski definition) is 0. The largest absolute Gasteiger partial charge is 0.454 e. The number of rotatable bonds is 3. The van der Waals surface area contributed by atoms with Crippen LogP contribution in [-0.2, 0) is 12.8 Å². The van der Waals surface area contributed by atoms with Gasteiger partial charge < -0.3 is 19.3 Å². The fourth-order valence-electron chi connectivity index (χ4n) is 5.24. The summed E-state index contributed by atoms with van der Waals surface area (Å²) in [6, 6.07) is 5.45. The minimum Gasteiger partial charge on any atom is -0.454 e. The number of aryl methyl sites for hydroxylation is 2. The molecule has 1 aromatic carbocycles. The van der Waals surface area contributed by atoms with Gasteiger partial charge in [0.2, 0.25) is 6.79 Å². The molecule has 0 atom stereocenters. The maximum Gasteiger partial charge on any atom is 0.254 e. The van der Waals surface area contributed by atoms with Gasteiger partial charge in [0.25, 0.3) is 5.91 Å². The molecule has 1 saturated carbocycles. The first-order valence-corrected chi connectivity index (χ1v) is 12.8. The van der Waals surface area contributed by atoms with E-state index in [2.05, 4.69) is 4.90 Å². The summed E-state index contributed by atoms with van der Waals surface area (Å²) in [5.74, 6) is 4.06. The van der Waals surface area contributed by atoms with E-state index < -0.39 is 0 Å². The predicted molar refractivity (Wildman–Crippen MR) is 127 cm³/mol. The van der Waals surface area contributed by atoms with Crippen LogP contribution in [0.4, 0.5) is 5.82 Å². The Bertz CT molecular complexity index is 1260. The van der Waals surface area contributed by atoms with Crippen molar-refractivity contribution < 1.29 is 14.3 Å². The number of carbonyl (C=O) groups excluding carboxylic acids is 1. The smallest absolute Gasteiger partial charge is 0.254 e. The minimum absolute atomic E-state index is 0.0485. The van der Waals surface area contributed by atoms with Crippen molar-refractivity contribution in [1.29, 1.82) is 0 Å². The highest BCUT2D eigenvalue weighted by molar-refractivity contribution is 7.19. The van der Waals surface area contributed by atoms with E-state index in [1.165, 1.54) is 52.8 Å². The van der Waals surface area contributed by atoms with E-state index in [1.807, 2.05) is 28.4 Å². The summed E-state index contributed by atoms with van der Waals surface area (Å²) in [4.78, 5) is 30.3. The van der Waals surface area contributed by atoms with Gasteiger partial charge in [0.1, 0.15) is 16.5 Å². The molecule has 0 N–H and O–H groups in total. The van der Waals surface area contributed by atoms with Gasteiger partial charge in [0.15, 0.2) is 11.5 Å². The quantitative estimate of drug-likeness (QED) is 0.583. The molecule has 0 radical (unpaired) electrons. The van der Waals surface area contributed by atoms with Gasteiger partial charge in [-0.15, -0.1) is 11.3 Å². The number of hydrogen-bond acceptors (Lipinski definition) is 7. The van der Waals surface area contributed by atoms with Crippen molar-refractivity contribution in [2.45, 2.75) is 44.4 Å². The average molecular weight is 463 g/mol. The van der Waals surface area contributed by atoms with Gasteiger partial charge in [0, 0.05) is 42.5 Å². The predicted octanol–water partition coefficient (Wildman–Crippen LogP) is 4.14. The van der Waals surface area contributed by atoms with Crippen molar-refractivity contribution in [3.05, 3.63) is 40.0 Å². The molecule has 0 bridgehead atoms. The SMILES string of the molecule is O=C(c1ccc2c(c1)OCO2)N1CCN(c2nc(C3CC3)nc3sc4c(c23)CCCC4)CC1. The summed E-state index contributed by atoms with van der Waals surface area (Å²) < 4.78 is 10.8. The maximum atomic E-state index is 13.1. The zero-order valence-electron chi connectivity index (χ0n) is 18.5. The molecule has 0 unspecified atom stereocenters. The summed E-state index contributed by atoms with van der Waals surface area (Å²) in [5, 5.41) is 1.29. The molecule has 4 aliphatic rings. The van der Waals surface area contributed by atoms with Crippen molar-refractivity contribution in [3.8, 4) is 11.5 Å². The molecule has 2 aliphatic heterocycles. The lowest BCUT2D eigenvalue weighted by Crippen LogP contribution is -2.49. The van der Waals surface area contributed by atoms with Crippen molar-refractivity contribution in [3.63, 3.8) is 0 Å². The zero-order chi connectivity index (χ0) is 21.9. The molecule has 33 heavy (non-hydrogen) atoms. The van der Waals surface area contributed by atoms with Crippen LogP contribution in [0.2, 0.25) is 0 Å². The van der Waals surface area contributed by atoms with Crippen LogP contribution < -0.4 is 14.4 Å². The monoisotopic (exact) mass is 462 g/mol. The van der Waals surface area contributed by atoms with Crippen molar-refractivity contribution in [2.24, 2.45) is 0 Å². The molecule has 3 aromatic rings. The normalized spacial score (nSPS) is 19.8. The van der Waals surface area contributed by atoms with Crippen LogP contribution in [0.25, 0.3) is 10.2 Å². The van der Waals surface area contributed by atoms with Crippen LogP contribution in [0.3, 0.4) is 0 Å². The number of nitrogens with zero attached hydrogens (tertiary/aromatic N) is 4. The van der Waals surface area contributed by atoms with E-state index in [9.17, 15) is 4.79 Å². The van der Waals surface area contributed by atoms with Gasteiger partial charge in [0.05, 0.1) is 5.39 Å². The Kier molecular flexibility index (Phi) is 4.50. The van der Waals surface area contributed by atoms with E-state index in [0.717, 1.165) is 31.2 Å². The Balaban J connectivity index is 1.16. The molecule has 2 aromatic heterocycles. The Hall–Kier alpha value is -2.87. The molecule has 4 heterocycles. The fraction of sp³-hybridized carbons (Fsp3) is 0.480. The van der Waals surface area contributed by atoms with Gasteiger partial charge in [-0.2, -0.15) is 0 Å². The number of thiophene rings is 1. The second kappa shape index (κ2) is 7.58. The topological polar surface area (TPSA) is 67.8 Å². The third-order valence-corrected chi connectivity index (χ3v) is 8.43. The zero-order valence-corrected chi connectivity index (χ0v) is 19.3. The van der Waals surface area contributed by atoms with E-state index >= 15 is 0 Å². The second-order valence-corrected chi connectivity index (χ2v) is 10.5. The van der Waals surface area contributed by atoms with Gasteiger partial charge in [-0.3, -0.25) is 4.79 Å². The maximum absolute atomic E-state index is 13.1. The van der Waals surface area contributed by atoms with E-state index in [4.69, 9.17) is 19.4 Å². The Morgan fingerprint density at radius 1 is 1.00 bits per heavy atom. The molecule has 1 amide bonds. The summed E-state index contributed by atoms with van der Waals surface area (Å²) in [7, 11) is 0. The van der Waals surface area contributed by atoms with Crippen molar-refractivity contribution >= 4 is 33.3 Å². The lowest BCUT2D eigenvalue weighted by atomic mass is 9.97. The van der Waals surface area contributed by atoms with Crippen LogP contribution in [-0.4, -0.2) is 53.7 Å². The lowest BCUT2D eigenvalue weighted by molar-refractivity contribution is 0.0746. The number of anilines is 1. The fourth-order valence-corrected chi connectivity index (χ4v) is 6.50. The molecule has 0 spiro atoms. The first-order valence-electron chi connectivity index (χ1n) is 12.0. The summed E-state index contributed by atoms with van der Waals surface area (Å²) >= 11 is 1.89. The Morgan fingerprint density at radius 2 is 1.82 bits per heavy atom. The van der Waals surface area contributed by atoms with Gasteiger partial charge >= 0.3 is 0 Å². The molecular formula is C25H26N4O3S. The van der Waals surface area contributed by atoms with Gasteiger partial charge in [-0.05, 0) is 62.3 Å². The Labute approximate surface area is 196 Å². The third kappa shape index (κ3) is 3.34. The summed E-state index contributed by atoms with van der Waals surface area (Å²) in [5.41, 5.74) is 2.14. The third-order valence-electron chi connectivity index (χ3n) is 7.24. The number of aromatic nitrogens is 2. The van der Waals surface area contributed by atoms with Crippen molar-refractivity contribution in [2.75, 3.05) is 37.9 Å². The standard InChI is InChI=1S/C25H26N4O3S/c30-25(16-7-8-18-19(13-16)32-14-31-18)29-11-9-28(10-12-29)23-21-17-3-1-2-4-20(17)33-24(21)27-22(26-23)15-5-6-15/h7-8,13,15H,1-6,9-12,14H2. The number of fused-ring (bicyclic) bond motifs is 4. The molecular weight excluding hydrogens is 436 g/mol. The minimum atomic E-state index is 0.0485. The van der Waals surface area contributed by atoms with Crippen LogP contribution in [0.1, 0.15) is 58.2 Å². The highest BCUT2D eigenvalue weighted by Crippen LogP contribution is 2.44. The van der Waals surface area contributed by atoms with E-state index in [1.54, 1.807) is 6.07 Å². The van der Waals surface area contributed by atoms with Crippen LogP contribution in [0.15, 0.2) is 18.2 Å². The molecule has 2 aliphatic carbocycles. The van der Waals surface area contributed by atoms with E-state index in [-0.39, 0.29) is 12.7 Å². The average Bonchev–Trinajstić information content (AvgIpc) is 3.49. The first kappa shape index (κ1) is 19.6. The van der Waals surface area contributed by atoms with Gasteiger partial charge in [-0.1, -0.05) is 0 Å². The van der Waals surface area contributed by atoms with Crippen LogP contribution >= 0.6 is 11.3 Å². The molecule has 1 saturated heterocycles. The highest BCUT2D eigenvalue weighted by atomic mass is 32.1. The molecule has 170 valence electrons. The van der Waals surface area contributed by atoms with Crippen LogP contribution in [0, 0.1) is 0 Å². The molecule has 7 rings (SSSR count). The number of carbonyl (C=O) groups is 1. The highest BCUT2D eigenvalue weighted by Gasteiger charge is 2.32. The van der Waals surface area contributed by atoms with E-state index in [0.29, 0.717) is 36.1 Å². The molecule has 2 fully saturated rings. The number of ether oxygens (including phenoxy) is 2. The number of benzene rings is 1. The molecule has 7 nitrogen and oxygen atoms in total. The summed E-state index contributed by atoms with van der Waals surface area (Å²) in [6.07, 6.45) is 7.24. The lowest BCUT2D eigenvalue weighted by Gasteiger charge is -2.36. The number of piperazine rings is 1. The van der Waals surface area contributed by atoms with Crippen LogP contribution in [0.5, 0.6) is 11.5 Å². The van der Waals surface area contributed by atoms with Crippen molar-refractivity contribution in [1.82, 2.24) is 14.9 Å².